The number of ether oxygens (including phenoxy) is 2. The minimum absolute atomic E-state index is 0.0225. The molecule has 0 radical (unpaired) electrons. The summed E-state index contributed by atoms with van der Waals surface area (Å²) in [7, 11) is 1.55. The second kappa shape index (κ2) is 9.40. The van der Waals surface area contributed by atoms with Crippen LogP contribution in [0.15, 0.2) is 24.3 Å². The Hall–Kier alpha value is -3.10. The summed E-state index contributed by atoms with van der Waals surface area (Å²) in [6.45, 7) is -0.256. The van der Waals surface area contributed by atoms with Gasteiger partial charge in [-0.1, -0.05) is 12.8 Å². The zero-order chi connectivity index (χ0) is 20.8. The molecule has 1 saturated heterocycles. The van der Waals surface area contributed by atoms with Gasteiger partial charge in [0.1, 0.15) is 11.5 Å². The fourth-order valence-corrected chi connectivity index (χ4v) is 3.72. The molecule has 1 aliphatic carbocycles. The molecule has 1 aromatic carbocycles. The van der Waals surface area contributed by atoms with Gasteiger partial charge in [0, 0.05) is 13.0 Å². The zero-order valence-electron chi connectivity index (χ0n) is 16.3. The van der Waals surface area contributed by atoms with Gasteiger partial charge in [0.25, 0.3) is 5.91 Å². The van der Waals surface area contributed by atoms with Crippen LogP contribution in [0.2, 0.25) is 0 Å². The third-order valence-corrected chi connectivity index (χ3v) is 5.27. The van der Waals surface area contributed by atoms with Crippen LogP contribution < -0.4 is 20.3 Å². The Morgan fingerprint density at radius 3 is 2.10 bits per heavy atom. The predicted octanol–water partition coefficient (Wildman–Crippen LogP) is 0.787. The van der Waals surface area contributed by atoms with Gasteiger partial charge in [-0.15, -0.1) is 0 Å². The number of nitrogens with zero attached hydrogens (tertiary/aromatic N) is 1. The lowest BCUT2D eigenvalue weighted by Crippen LogP contribution is -2.45. The third-order valence-electron chi connectivity index (χ3n) is 5.27. The Bertz CT molecular complexity index is 755. The van der Waals surface area contributed by atoms with E-state index in [-0.39, 0.29) is 43.2 Å². The SMILES string of the molecule is COc1ccc(OCC(=O)NNC(=O)CCN2C(=O)C3CCCCC3C2=O)cc1. The highest BCUT2D eigenvalue weighted by Gasteiger charge is 2.47. The van der Waals surface area contributed by atoms with Crippen molar-refractivity contribution in [1.82, 2.24) is 15.8 Å². The number of nitrogens with one attached hydrogen (secondary N) is 2. The van der Waals surface area contributed by atoms with E-state index in [2.05, 4.69) is 10.9 Å². The number of hydrazine groups is 1. The molecule has 2 fully saturated rings. The van der Waals surface area contributed by atoms with Crippen molar-refractivity contribution in [2.24, 2.45) is 11.8 Å². The summed E-state index contributed by atoms with van der Waals surface area (Å²) >= 11 is 0. The van der Waals surface area contributed by atoms with Gasteiger partial charge >= 0.3 is 0 Å². The number of methoxy groups -OCH3 is 1. The summed E-state index contributed by atoms with van der Waals surface area (Å²) < 4.78 is 10.3. The number of rotatable bonds is 7. The van der Waals surface area contributed by atoms with E-state index in [0.717, 1.165) is 25.7 Å². The van der Waals surface area contributed by atoms with Crippen molar-refractivity contribution in [3.8, 4) is 11.5 Å². The van der Waals surface area contributed by atoms with E-state index in [1.54, 1.807) is 31.4 Å². The van der Waals surface area contributed by atoms with Crippen LogP contribution in [0.25, 0.3) is 0 Å². The number of carbonyl (C=O) groups is 4. The molecule has 4 amide bonds. The van der Waals surface area contributed by atoms with Gasteiger partial charge in [-0.25, -0.2) is 0 Å². The Morgan fingerprint density at radius 2 is 1.52 bits per heavy atom. The Morgan fingerprint density at radius 1 is 0.966 bits per heavy atom. The highest BCUT2D eigenvalue weighted by Crippen LogP contribution is 2.37. The van der Waals surface area contributed by atoms with Crippen molar-refractivity contribution in [2.75, 3.05) is 20.3 Å². The molecule has 2 atom stereocenters. The monoisotopic (exact) mass is 403 g/mol. The highest BCUT2D eigenvalue weighted by atomic mass is 16.5. The molecule has 2 N–H and O–H groups in total. The number of benzene rings is 1. The van der Waals surface area contributed by atoms with Crippen molar-refractivity contribution in [3.05, 3.63) is 24.3 Å². The number of hydrogen-bond acceptors (Lipinski definition) is 6. The molecule has 1 aliphatic heterocycles. The molecule has 9 nitrogen and oxygen atoms in total. The number of fused-ring (bicyclic) bond motifs is 1. The lowest BCUT2D eigenvalue weighted by Gasteiger charge is -2.19. The number of amides is 4. The standard InChI is InChI=1S/C20H25N3O6/c1-28-13-6-8-14(9-7-13)29-12-18(25)22-21-17(24)10-11-23-19(26)15-4-2-3-5-16(15)20(23)27/h6-9,15-16H,2-5,10-12H2,1H3,(H,21,24)(H,22,25). The zero-order valence-corrected chi connectivity index (χ0v) is 16.3. The second-order valence-electron chi connectivity index (χ2n) is 7.14. The van der Waals surface area contributed by atoms with Crippen LogP contribution in [0.5, 0.6) is 11.5 Å². The summed E-state index contributed by atoms with van der Waals surface area (Å²) in [5.41, 5.74) is 4.51. The van der Waals surface area contributed by atoms with Crippen LogP contribution in [0.1, 0.15) is 32.1 Å². The summed E-state index contributed by atoms with van der Waals surface area (Å²) in [5, 5.41) is 0. The predicted molar refractivity (Wildman–Crippen MR) is 102 cm³/mol. The molecule has 0 bridgehead atoms. The molecule has 29 heavy (non-hydrogen) atoms. The van der Waals surface area contributed by atoms with E-state index < -0.39 is 11.8 Å². The average Bonchev–Trinajstić information content (AvgIpc) is 2.99. The largest absolute Gasteiger partial charge is 0.497 e. The Kier molecular flexibility index (Phi) is 6.69. The topological polar surface area (TPSA) is 114 Å². The molecule has 3 rings (SSSR count). The van der Waals surface area contributed by atoms with Gasteiger partial charge in [-0.2, -0.15) is 0 Å². The number of carbonyl (C=O) groups excluding carboxylic acids is 4. The number of hydrogen-bond donors (Lipinski definition) is 2. The van der Waals surface area contributed by atoms with Crippen LogP contribution in [0, 0.1) is 11.8 Å². The van der Waals surface area contributed by atoms with Gasteiger partial charge in [-0.05, 0) is 37.1 Å². The minimum atomic E-state index is -0.534. The van der Waals surface area contributed by atoms with E-state index in [1.807, 2.05) is 0 Å². The fraction of sp³-hybridized carbons (Fsp3) is 0.500. The normalized spacial score (nSPS) is 20.8. The first-order chi connectivity index (χ1) is 14.0. The quantitative estimate of drug-likeness (QED) is 0.514. The van der Waals surface area contributed by atoms with Crippen molar-refractivity contribution in [3.63, 3.8) is 0 Å². The molecule has 2 aliphatic rings. The molecule has 9 heteroatoms. The first kappa shape index (κ1) is 20.6. The molecule has 0 spiro atoms. The summed E-state index contributed by atoms with van der Waals surface area (Å²) in [5.74, 6) is -0.674. The maximum atomic E-state index is 12.4. The summed E-state index contributed by atoms with van der Waals surface area (Å²) in [4.78, 5) is 49.7. The molecule has 0 aromatic heterocycles. The van der Waals surface area contributed by atoms with Crippen molar-refractivity contribution >= 4 is 23.6 Å². The molecule has 1 saturated carbocycles. The Labute approximate surface area is 168 Å². The maximum absolute atomic E-state index is 12.4. The molecule has 1 heterocycles. The van der Waals surface area contributed by atoms with Gasteiger partial charge in [0.2, 0.25) is 17.7 Å². The first-order valence-corrected chi connectivity index (χ1v) is 9.69. The van der Waals surface area contributed by atoms with Gasteiger partial charge < -0.3 is 9.47 Å². The summed E-state index contributed by atoms with van der Waals surface area (Å²) in [6, 6.07) is 6.72. The average molecular weight is 403 g/mol. The second-order valence-corrected chi connectivity index (χ2v) is 7.14. The van der Waals surface area contributed by atoms with Gasteiger partial charge in [0.15, 0.2) is 6.61 Å². The van der Waals surface area contributed by atoms with Crippen LogP contribution in [0.4, 0.5) is 0 Å². The van der Waals surface area contributed by atoms with Crippen molar-refractivity contribution in [2.45, 2.75) is 32.1 Å². The maximum Gasteiger partial charge on any atom is 0.276 e. The number of likely N-dealkylation sites (tertiary alicyclic amines) is 1. The van der Waals surface area contributed by atoms with Crippen LogP contribution in [-0.2, 0) is 19.2 Å². The van der Waals surface area contributed by atoms with Crippen LogP contribution in [0.3, 0.4) is 0 Å². The van der Waals surface area contributed by atoms with E-state index >= 15 is 0 Å². The van der Waals surface area contributed by atoms with Crippen molar-refractivity contribution in [1.29, 1.82) is 0 Å². The minimum Gasteiger partial charge on any atom is -0.497 e. The van der Waals surface area contributed by atoms with E-state index in [1.165, 1.54) is 4.90 Å². The highest BCUT2D eigenvalue weighted by molar-refractivity contribution is 6.05. The smallest absolute Gasteiger partial charge is 0.276 e. The fourth-order valence-electron chi connectivity index (χ4n) is 3.72. The lowest BCUT2D eigenvalue weighted by molar-refractivity contribution is -0.140. The molecule has 2 unspecified atom stereocenters. The first-order valence-electron chi connectivity index (χ1n) is 9.69. The van der Waals surface area contributed by atoms with Crippen LogP contribution >= 0.6 is 0 Å². The third kappa shape index (κ3) is 5.04. The Balaban J connectivity index is 1.36. The van der Waals surface area contributed by atoms with Crippen LogP contribution in [-0.4, -0.2) is 48.8 Å². The summed E-state index contributed by atoms with van der Waals surface area (Å²) in [6.07, 6.45) is 3.32. The van der Waals surface area contributed by atoms with E-state index in [0.29, 0.717) is 11.5 Å². The molecular formula is C20H25N3O6. The van der Waals surface area contributed by atoms with E-state index in [9.17, 15) is 19.2 Å². The van der Waals surface area contributed by atoms with E-state index in [4.69, 9.17) is 9.47 Å². The molecule has 1 aromatic rings. The molecule has 156 valence electrons. The lowest BCUT2D eigenvalue weighted by atomic mass is 9.81. The van der Waals surface area contributed by atoms with Crippen molar-refractivity contribution < 1.29 is 28.7 Å². The number of imide groups is 1. The molecular weight excluding hydrogens is 378 g/mol. The van der Waals surface area contributed by atoms with Gasteiger partial charge in [0.05, 0.1) is 18.9 Å². The van der Waals surface area contributed by atoms with Gasteiger partial charge in [-0.3, -0.25) is 34.9 Å².